The van der Waals surface area contributed by atoms with Crippen LogP contribution < -0.4 is 0 Å². The number of ether oxygens (including phenoxy) is 2. The largest absolute Gasteiger partial charge is 0.573 e. The van der Waals surface area contributed by atoms with Crippen LogP contribution in [-0.2, 0) is 45.8 Å². The van der Waals surface area contributed by atoms with Crippen LogP contribution >= 0.6 is 13.4 Å². The van der Waals surface area contributed by atoms with Crippen LogP contribution in [0.1, 0.15) is 64.2 Å². The molecule has 0 aliphatic rings. The van der Waals surface area contributed by atoms with Crippen LogP contribution in [0.5, 0.6) is 0 Å². The van der Waals surface area contributed by atoms with Gasteiger partial charge in [0.15, 0.2) is 0 Å². The molecule has 0 saturated carbocycles. The molecule has 2 aromatic heterocycles. The Balaban J connectivity index is -0.00000148. The van der Waals surface area contributed by atoms with Crippen molar-refractivity contribution in [3.05, 3.63) is 48.3 Å². The summed E-state index contributed by atoms with van der Waals surface area (Å²) in [7, 11) is 0. The van der Waals surface area contributed by atoms with E-state index < -0.39 is 5.41 Å². The standard InChI is InChI=1S/C25H34N2O4.3CO.BrH.Re/c1-18(2)17-31-24(29)25(4,5)12-9-19(3)11-15-30-23(28)20-10-14-27-22(16-20)21-8-6-7-13-26-21;3*1-2;;/h6-8,10,13-14,16,18-19H,9,11-12,15,17H2,1-5H3;;;;1H;/q;3*-1;;+1/p-1. The van der Waals surface area contributed by atoms with Crippen molar-refractivity contribution in [1.82, 2.24) is 9.97 Å². The third-order valence-electron chi connectivity index (χ3n) is 5.13. The van der Waals surface area contributed by atoms with Crippen LogP contribution in [0.2, 0.25) is 0 Å². The van der Waals surface area contributed by atoms with E-state index in [1.54, 1.807) is 24.5 Å². The van der Waals surface area contributed by atoms with Gasteiger partial charge in [0, 0.05) is 12.4 Å². The Labute approximate surface area is 249 Å². The van der Waals surface area contributed by atoms with Gasteiger partial charge in [-0.05, 0) is 69.2 Å². The fourth-order valence-electron chi connectivity index (χ4n) is 2.94. The molecule has 39 heavy (non-hydrogen) atoms. The summed E-state index contributed by atoms with van der Waals surface area (Å²) in [4.78, 5) is 55.7. The van der Waals surface area contributed by atoms with Crippen molar-refractivity contribution in [2.45, 2.75) is 53.9 Å². The van der Waals surface area contributed by atoms with Gasteiger partial charge in [0.1, 0.15) is 0 Å². The number of carbonyl (C=O) groups is 2. The first-order valence-electron chi connectivity index (χ1n) is 11.7. The second-order valence-electron chi connectivity index (χ2n) is 9.09. The van der Waals surface area contributed by atoms with Gasteiger partial charge in [-0.2, -0.15) is 0 Å². The number of hydrogen-bond donors (Lipinski definition) is 0. The fraction of sp³-hybridized carbons (Fsp3) is 0.464. The third kappa shape index (κ3) is 18.3. The molecule has 0 amide bonds. The van der Waals surface area contributed by atoms with E-state index in [2.05, 4.69) is 50.7 Å². The van der Waals surface area contributed by atoms with E-state index in [4.69, 9.17) is 23.9 Å². The van der Waals surface area contributed by atoms with Gasteiger partial charge < -0.3 is 44.2 Å². The van der Waals surface area contributed by atoms with Crippen molar-refractivity contribution in [3.8, 4) is 11.4 Å². The first-order chi connectivity index (χ1) is 18.7. The van der Waals surface area contributed by atoms with E-state index in [9.17, 15) is 9.59 Å². The van der Waals surface area contributed by atoms with E-state index in [0.29, 0.717) is 42.0 Å². The second-order valence-corrected chi connectivity index (χ2v) is 9.09. The molecule has 0 spiro atoms. The van der Waals surface area contributed by atoms with Gasteiger partial charge in [0.2, 0.25) is 0 Å². The fourth-order valence-corrected chi connectivity index (χ4v) is 2.94. The molecule has 0 aliphatic carbocycles. The minimum absolute atomic E-state index is 0.152. The van der Waals surface area contributed by atoms with Gasteiger partial charge in [-0.25, -0.2) is 4.79 Å². The molecule has 2 aromatic rings. The smallest absolute Gasteiger partial charge is 0.427 e. The van der Waals surface area contributed by atoms with Gasteiger partial charge in [-0.1, -0.05) is 26.8 Å². The Morgan fingerprint density at radius 2 is 1.49 bits per heavy atom. The Bertz CT molecular complexity index is 913. The van der Waals surface area contributed by atoms with Crippen molar-refractivity contribution >= 4 is 45.7 Å². The third-order valence-corrected chi connectivity index (χ3v) is 5.13. The normalized spacial score (nSPS) is 10.4. The van der Waals surface area contributed by atoms with Gasteiger partial charge in [-0.3, -0.25) is 14.8 Å². The molecule has 2 rings (SSSR count). The number of carbonyl (C=O) groups excluding carboxylic acids is 5. The van der Waals surface area contributed by atoms with Crippen LogP contribution in [0.25, 0.3) is 11.4 Å². The summed E-state index contributed by atoms with van der Waals surface area (Å²) in [5.41, 5.74) is 1.28. The number of hydrogen-bond acceptors (Lipinski definition) is 9. The van der Waals surface area contributed by atoms with Crippen LogP contribution in [-0.4, -0.2) is 55.5 Å². The molecule has 11 heteroatoms. The van der Waals surface area contributed by atoms with Crippen molar-refractivity contribution in [2.75, 3.05) is 13.2 Å². The molecular weight excluding hydrogens is 742 g/mol. The average molecular weight is 777 g/mol. The molecule has 0 saturated heterocycles. The van der Waals surface area contributed by atoms with Gasteiger partial charge >= 0.3 is 42.6 Å². The molecule has 1 atom stereocenters. The van der Waals surface area contributed by atoms with Crippen LogP contribution in [0.4, 0.5) is 0 Å². The molecule has 0 aromatic carbocycles. The molecule has 0 aliphatic heterocycles. The second kappa shape index (κ2) is 25.7. The summed E-state index contributed by atoms with van der Waals surface area (Å²) < 4.78 is 10.8. The van der Waals surface area contributed by atoms with Crippen molar-refractivity contribution < 1.29 is 50.6 Å². The number of rotatable bonds is 11. The van der Waals surface area contributed by atoms with E-state index in [1.807, 2.05) is 45.9 Å². The zero-order valence-electron chi connectivity index (χ0n) is 22.7. The van der Waals surface area contributed by atoms with E-state index in [-0.39, 0.29) is 11.9 Å². The number of nitrogens with zero attached hydrogens (tertiary/aromatic N) is 2. The summed E-state index contributed by atoms with van der Waals surface area (Å²) in [6.45, 7) is 24.3. The van der Waals surface area contributed by atoms with Gasteiger partial charge in [-0.15, -0.1) is 0 Å². The Morgan fingerprint density at radius 3 is 2.03 bits per heavy atom. The average Bonchev–Trinajstić information content (AvgIpc) is 2.99. The number of pyridine rings is 2. The molecule has 9 nitrogen and oxygen atoms in total. The van der Waals surface area contributed by atoms with Crippen molar-refractivity contribution in [2.24, 2.45) is 17.3 Å². The van der Waals surface area contributed by atoms with Crippen LogP contribution in [0, 0.1) is 17.3 Å². The molecule has 0 N–H and O–H groups in total. The molecular formula is C28H34BrN2O7Re-3. The summed E-state index contributed by atoms with van der Waals surface area (Å²) in [5, 5.41) is 0. The summed E-state index contributed by atoms with van der Waals surface area (Å²) in [6.07, 6.45) is 5.61. The topological polar surface area (TPSA) is 130 Å². The number of esters is 2. The van der Waals surface area contributed by atoms with Crippen LogP contribution in [0.3, 0.4) is 0 Å². The zero-order chi connectivity index (χ0) is 30.9. The maximum Gasteiger partial charge on any atom is -0.427 e. The van der Waals surface area contributed by atoms with Gasteiger partial charge in [0.05, 0.1) is 35.6 Å². The minimum Gasteiger partial charge on any atom is -0.573 e. The molecule has 0 fully saturated rings. The maximum atomic E-state index is 12.4. The van der Waals surface area contributed by atoms with Crippen LogP contribution in [0.15, 0.2) is 42.7 Å². The first kappa shape index (κ1) is 40.9. The predicted octanol–water partition coefficient (Wildman–Crippen LogP) is 4.98. The van der Waals surface area contributed by atoms with E-state index in [1.165, 1.54) is 17.2 Å². The molecule has 0 bridgehead atoms. The summed E-state index contributed by atoms with van der Waals surface area (Å²) in [6, 6.07) is 8.89. The van der Waals surface area contributed by atoms with Gasteiger partial charge in [0.25, 0.3) is 0 Å². The SMILES string of the molecule is CC(C)COC(=O)C(C)(C)CCC(C)CCOC(=O)c1ccnc(-c2ccccn2)c1.[Br][Re].[C-]=O.[C-]=O.[C-]=O. The summed E-state index contributed by atoms with van der Waals surface area (Å²) >= 11 is 4.53. The number of aromatic nitrogens is 2. The minimum atomic E-state index is -0.515. The number of halogens is 1. The molecule has 2 heterocycles. The predicted molar refractivity (Wildman–Crippen MR) is 146 cm³/mol. The Morgan fingerprint density at radius 1 is 0.897 bits per heavy atom. The van der Waals surface area contributed by atoms with E-state index in [0.717, 1.165) is 19.3 Å². The first-order valence-corrected chi connectivity index (χ1v) is 17.6. The quantitative estimate of drug-likeness (QED) is 0.229. The Kier molecular flexibility index (Phi) is 26.9. The zero-order valence-corrected chi connectivity index (χ0v) is 27.0. The molecule has 1 unspecified atom stereocenters. The molecule has 3 radical (unpaired) electrons. The monoisotopic (exact) mass is 776 g/mol. The van der Waals surface area contributed by atoms with Crippen molar-refractivity contribution in [1.29, 1.82) is 0 Å². The van der Waals surface area contributed by atoms with Crippen molar-refractivity contribution in [3.63, 3.8) is 0 Å². The van der Waals surface area contributed by atoms with E-state index >= 15 is 0 Å². The maximum absolute atomic E-state index is 12.4. The summed E-state index contributed by atoms with van der Waals surface area (Å²) in [5.74, 6) is 0.130. The Hall–Kier alpha value is -2.61. The molecule has 215 valence electrons.